The van der Waals surface area contributed by atoms with Gasteiger partial charge in [-0.2, -0.15) is 0 Å². The van der Waals surface area contributed by atoms with Gasteiger partial charge in [0.2, 0.25) is 5.91 Å². The van der Waals surface area contributed by atoms with Crippen molar-refractivity contribution in [2.75, 3.05) is 6.54 Å². The van der Waals surface area contributed by atoms with E-state index in [0.717, 1.165) is 37.7 Å². The Morgan fingerprint density at radius 2 is 2.00 bits per heavy atom. The predicted octanol–water partition coefficient (Wildman–Crippen LogP) is 3.43. The van der Waals surface area contributed by atoms with Crippen LogP contribution in [0.4, 0.5) is 0 Å². The third-order valence-electron chi connectivity index (χ3n) is 4.11. The number of rotatable bonds is 7. The highest BCUT2D eigenvalue weighted by Crippen LogP contribution is 2.48. The molecule has 5 heteroatoms. The molecule has 3 N–H and O–H groups in total. The molecule has 118 valence electrons. The van der Waals surface area contributed by atoms with Gasteiger partial charge in [-0.05, 0) is 37.0 Å². The summed E-state index contributed by atoms with van der Waals surface area (Å²) in [5.41, 5.74) is 6.47. The second-order valence-electron chi connectivity index (χ2n) is 5.64. The maximum absolute atomic E-state index is 12.5. The topological polar surface area (TPSA) is 55.1 Å². The van der Waals surface area contributed by atoms with Crippen molar-refractivity contribution in [2.24, 2.45) is 5.73 Å². The molecule has 0 saturated heterocycles. The highest BCUT2D eigenvalue weighted by atomic mass is 35.5. The van der Waals surface area contributed by atoms with E-state index in [1.165, 1.54) is 0 Å². The van der Waals surface area contributed by atoms with Gasteiger partial charge in [-0.25, -0.2) is 0 Å². The van der Waals surface area contributed by atoms with E-state index in [0.29, 0.717) is 11.6 Å². The van der Waals surface area contributed by atoms with E-state index in [-0.39, 0.29) is 29.8 Å². The molecule has 0 heterocycles. The highest BCUT2D eigenvalue weighted by molar-refractivity contribution is 6.30. The van der Waals surface area contributed by atoms with Crippen LogP contribution in [-0.4, -0.2) is 18.5 Å². The quantitative estimate of drug-likeness (QED) is 0.804. The Bertz CT molecular complexity index is 458. The Labute approximate surface area is 138 Å². The zero-order valence-corrected chi connectivity index (χ0v) is 14.0. The van der Waals surface area contributed by atoms with Crippen LogP contribution in [-0.2, 0) is 10.2 Å². The molecule has 3 nitrogen and oxygen atoms in total. The average molecular weight is 331 g/mol. The van der Waals surface area contributed by atoms with Crippen LogP contribution in [0.2, 0.25) is 5.02 Å². The van der Waals surface area contributed by atoms with Crippen LogP contribution in [0.15, 0.2) is 24.3 Å². The summed E-state index contributed by atoms with van der Waals surface area (Å²) in [5.74, 6) is 0.117. The van der Waals surface area contributed by atoms with Gasteiger partial charge < -0.3 is 11.1 Å². The molecular weight excluding hydrogens is 307 g/mol. The second kappa shape index (κ2) is 8.02. The van der Waals surface area contributed by atoms with Crippen molar-refractivity contribution in [1.29, 1.82) is 0 Å². The normalized spacial score (nSPS) is 16.7. The molecule has 1 saturated carbocycles. The van der Waals surface area contributed by atoms with E-state index in [1.54, 1.807) is 0 Å². The fraction of sp³-hybridized carbons (Fsp3) is 0.562. The van der Waals surface area contributed by atoms with Crippen molar-refractivity contribution in [3.05, 3.63) is 34.9 Å². The summed E-state index contributed by atoms with van der Waals surface area (Å²) in [5, 5.41) is 3.82. The Morgan fingerprint density at radius 3 is 2.48 bits per heavy atom. The average Bonchev–Trinajstić information content (AvgIpc) is 3.25. The summed E-state index contributed by atoms with van der Waals surface area (Å²) in [6.07, 6.45) is 4.98. The number of nitrogens with two attached hydrogens (primary N) is 1. The Morgan fingerprint density at radius 1 is 1.38 bits per heavy atom. The Balaban J connectivity index is 0.00000220. The zero-order chi connectivity index (χ0) is 14.6. The number of nitrogens with one attached hydrogen (secondary N) is 1. The summed E-state index contributed by atoms with van der Waals surface area (Å²) in [6.45, 7) is 2.65. The third kappa shape index (κ3) is 4.35. The van der Waals surface area contributed by atoms with Crippen molar-refractivity contribution in [2.45, 2.75) is 50.5 Å². The van der Waals surface area contributed by atoms with Gasteiger partial charge >= 0.3 is 0 Å². The standard InChI is InChI=1S/C16H23ClN2O.ClH/c1-2-3-4-14(11-18)19-15(20)16(9-10-16)12-5-7-13(17)8-6-12;/h5-8,14H,2-4,9-11,18H2,1H3,(H,19,20);1H. The molecular formula is C16H24Cl2N2O. The maximum atomic E-state index is 12.5. The summed E-state index contributed by atoms with van der Waals surface area (Å²) in [6, 6.07) is 7.70. The first kappa shape index (κ1) is 18.3. The fourth-order valence-electron chi connectivity index (χ4n) is 2.56. The molecule has 0 spiro atoms. The third-order valence-corrected chi connectivity index (χ3v) is 4.36. The minimum Gasteiger partial charge on any atom is -0.351 e. The summed E-state index contributed by atoms with van der Waals surface area (Å²) in [7, 11) is 0. The first-order chi connectivity index (χ1) is 9.62. The van der Waals surface area contributed by atoms with Crippen molar-refractivity contribution >= 4 is 29.9 Å². The molecule has 0 aliphatic heterocycles. The molecule has 0 aromatic heterocycles. The summed E-state index contributed by atoms with van der Waals surface area (Å²) in [4.78, 5) is 12.5. The van der Waals surface area contributed by atoms with Gasteiger partial charge in [0.05, 0.1) is 5.41 Å². The number of hydrogen-bond donors (Lipinski definition) is 2. The molecule has 1 amide bonds. The molecule has 1 aromatic carbocycles. The summed E-state index contributed by atoms with van der Waals surface area (Å²) >= 11 is 5.91. The highest BCUT2D eigenvalue weighted by Gasteiger charge is 2.51. The van der Waals surface area contributed by atoms with Crippen LogP contribution in [0.1, 0.15) is 44.6 Å². The molecule has 0 bridgehead atoms. The molecule has 1 aliphatic carbocycles. The van der Waals surface area contributed by atoms with Gasteiger partial charge in [0.15, 0.2) is 0 Å². The maximum Gasteiger partial charge on any atom is 0.230 e. The van der Waals surface area contributed by atoms with Crippen molar-refractivity contribution in [3.63, 3.8) is 0 Å². The molecule has 21 heavy (non-hydrogen) atoms. The van der Waals surface area contributed by atoms with Gasteiger partial charge in [0.25, 0.3) is 0 Å². The van der Waals surface area contributed by atoms with E-state index >= 15 is 0 Å². The number of hydrogen-bond acceptors (Lipinski definition) is 2. The van der Waals surface area contributed by atoms with E-state index in [2.05, 4.69) is 12.2 Å². The Hall–Kier alpha value is -0.770. The van der Waals surface area contributed by atoms with E-state index in [4.69, 9.17) is 17.3 Å². The SMILES string of the molecule is CCCCC(CN)NC(=O)C1(c2ccc(Cl)cc2)CC1.Cl. The van der Waals surface area contributed by atoms with Gasteiger partial charge in [-0.3, -0.25) is 4.79 Å². The van der Waals surface area contributed by atoms with Crippen molar-refractivity contribution < 1.29 is 4.79 Å². The van der Waals surface area contributed by atoms with Crippen molar-refractivity contribution in [1.82, 2.24) is 5.32 Å². The predicted molar refractivity (Wildman–Crippen MR) is 90.1 cm³/mol. The van der Waals surface area contributed by atoms with E-state index in [9.17, 15) is 4.79 Å². The van der Waals surface area contributed by atoms with Crippen LogP contribution in [0.3, 0.4) is 0 Å². The largest absolute Gasteiger partial charge is 0.351 e. The molecule has 1 unspecified atom stereocenters. The van der Waals surface area contributed by atoms with E-state index in [1.807, 2.05) is 24.3 Å². The minimum atomic E-state index is -0.343. The van der Waals surface area contributed by atoms with Crippen molar-refractivity contribution in [3.8, 4) is 0 Å². The lowest BCUT2D eigenvalue weighted by Crippen LogP contribution is -2.45. The number of amides is 1. The number of unbranched alkanes of at least 4 members (excludes halogenated alkanes) is 1. The zero-order valence-electron chi connectivity index (χ0n) is 12.4. The summed E-state index contributed by atoms with van der Waals surface area (Å²) < 4.78 is 0. The monoisotopic (exact) mass is 330 g/mol. The first-order valence-corrected chi connectivity index (χ1v) is 7.77. The molecule has 2 rings (SSSR count). The molecule has 1 aromatic rings. The van der Waals surface area contributed by atoms with Gasteiger partial charge in [-0.15, -0.1) is 12.4 Å². The van der Waals surface area contributed by atoms with Gasteiger partial charge in [0.1, 0.15) is 0 Å². The number of carbonyl (C=O) groups is 1. The molecule has 0 radical (unpaired) electrons. The number of carbonyl (C=O) groups excluding carboxylic acids is 1. The smallest absolute Gasteiger partial charge is 0.230 e. The van der Waals surface area contributed by atoms with Gasteiger partial charge in [-0.1, -0.05) is 43.5 Å². The van der Waals surface area contributed by atoms with Crippen LogP contribution in [0, 0.1) is 0 Å². The second-order valence-corrected chi connectivity index (χ2v) is 6.07. The first-order valence-electron chi connectivity index (χ1n) is 7.39. The van der Waals surface area contributed by atoms with Crippen LogP contribution < -0.4 is 11.1 Å². The minimum absolute atomic E-state index is 0. The van der Waals surface area contributed by atoms with Gasteiger partial charge in [0, 0.05) is 17.6 Å². The fourth-order valence-corrected chi connectivity index (χ4v) is 2.69. The lowest BCUT2D eigenvalue weighted by atomic mass is 9.94. The molecule has 1 fully saturated rings. The number of benzene rings is 1. The van der Waals surface area contributed by atoms with E-state index < -0.39 is 0 Å². The van der Waals surface area contributed by atoms with Crippen LogP contribution in [0.25, 0.3) is 0 Å². The Kier molecular flexibility index (Phi) is 6.98. The number of halogens is 2. The van der Waals surface area contributed by atoms with Crippen LogP contribution >= 0.6 is 24.0 Å². The van der Waals surface area contributed by atoms with Crippen LogP contribution in [0.5, 0.6) is 0 Å². The molecule has 1 aliphatic rings. The molecule has 1 atom stereocenters. The lowest BCUT2D eigenvalue weighted by molar-refractivity contribution is -0.124. The lowest BCUT2D eigenvalue weighted by Gasteiger charge is -2.21.